The Morgan fingerprint density at radius 3 is 2.70 bits per heavy atom. The fraction of sp³-hybridized carbons (Fsp3) is 0.333. The van der Waals surface area contributed by atoms with Crippen LogP contribution in [-0.2, 0) is 18.4 Å². The number of hydrogen-bond acceptors (Lipinski definition) is 3. The second-order valence-corrected chi connectivity index (χ2v) is 4.79. The SMILES string of the molecule is CC(Oc1ccccc1)C(=O)N(C)Cc1cnn(C)c1. The van der Waals surface area contributed by atoms with Gasteiger partial charge in [-0.2, -0.15) is 5.10 Å². The van der Waals surface area contributed by atoms with Crippen molar-refractivity contribution in [3.05, 3.63) is 48.3 Å². The van der Waals surface area contributed by atoms with E-state index in [4.69, 9.17) is 4.74 Å². The van der Waals surface area contributed by atoms with Crippen LogP contribution < -0.4 is 4.74 Å². The van der Waals surface area contributed by atoms with E-state index in [0.717, 1.165) is 5.56 Å². The lowest BCUT2D eigenvalue weighted by Gasteiger charge is -2.21. The van der Waals surface area contributed by atoms with Gasteiger partial charge in [0, 0.05) is 32.4 Å². The molecule has 2 aromatic rings. The summed E-state index contributed by atoms with van der Waals surface area (Å²) in [4.78, 5) is 13.9. The number of ether oxygens (including phenoxy) is 1. The van der Waals surface area contributed by atoms with Crippen LogP contribution in [0.2, 0.25) is 0 Å². The number of carbonyl (C=O) groups excluding carboxylic acids is 1. The maximum Gasteiger partial charge on any atom is 0.263 e. The van der Waals surface area contributed by atoms with E-state index in [-0.39, 0.29) is 5.91 Å². The lowest BCUT2D eigenvalue weighted by Crippen LogP contribution is -2.37. The highest BCUT2D eigenvalue weighted by Gasteiger charge is 2.19. The maximum atomic E-state index is 12.2. The van der Waals surface area contributed by atoms with Gasteiger partial charge in [0.05, 0.1) is 6.20 Å². The molecule has 0 aliphatic rings. The molecular weight excluding hydrogens is 254 g/mol. The van der Waals surface area contributed by atoms with Gasteiger partial charge in [0.25, 0.3) is 5.91 Å². The number of nitrogens with zero attached hydrogens (tertiary/aromatic N) is 3. The number of benzene rings is 1. The highest BCUT2D eigenvalue weighted by molar-refractivity contribution is 5.80. The number of aromatic nitrogens is 2. The Bertz CT molecular complexity index is 566. The Kier molecular flexibility index (Phi) is 4.40. The van der Waals surface area contributed by atoms with Crippen molar-refractivity contribution < 1.29 is 9.53 Å². The summed E-state index contributed by atoms with van der Waals surface area (Å²) in [6.45, 7) is 2.28. The topological polar surface area (TPSA) is 47.4 Å². The Morgan fingerprint density at radius 1 is 1.40 bits per heavy atom. The van der Waals surface area contributed by atoms with Gasteiger partial charge in [0.1, 0.15) is 5.75 Å². The molecule has 5 heteroatoms. The van der Waals surface area contributed by atoms with Gasteiger partial charge in [-0.05, 0) is 19.1 Å². The average molecular weight is 273 g/mol. The molecule has 1 aromatic carbocycles. The molecule has 2 rings (SSSR count). The van der Waals surface area contributed by atoms with E-state index in [0.29, 0.717) is 12.3 Å². The normalized spacial score (nSPS) is 11.9. The number of aryl methyl sites for hydroxylation is 1. The molecule has 1 heterocycles. The van der Waals surface area contributed by atoms with Crippen molar-refractivity contribution in [1.29, 1.82) is 0 Å². The van der Waals surface area contributed by atoms with Gasteiger partial charge >= 0.3 is 0 Å². The van der Waals surface area contributed by atoms with Crippen molar-refractivity contribution >= 4 is 5.91 Å². The van der Waals surface area contributed by atoms with Crippen LogP contribution in [0, 0.1) is 0 Å². The Labute approximate surface area is 118 Å². The van der Waals surface area contributed by atoms with Gasteiger partial charge in [-0.1, -0.05) is 18.2 Å². The fourth-order valence-electron chi connectivity index (χ4n) is 1.97. The van der Waals surface area contributed by atoms with Crippen LogP contribution in [0.5, 0.6) is 5.75 Å². The van der Waals surface area contributed by atoms with Crippen LogP contribution >= 0.6 is 0 Å². The van der Waals surface area contributed by atoms with Gasteiger partial charge in [-0.3, -0.25) is 9.48 Å². The first-order valence-electron chi connectivity index (χ1n) is 6.50. The van der Waals surface area contributed by atoms with E-state index in [9.17, 15) is 4.79 Å². The molecule has 5 nitrogen and oxygen atoms in total. The molecule has 0 aliphatic carbocycles. The molecule has 0 spiro atoms. The zero-order chi connectivity index (χ0) is 14.5. The summed E-state index contributed by atoms with van der Waals surface area (Å²) in [5, 5.41) is 4.09. The Morgan fingerprint density at radius 2 is 2.10 bits per heavy atom. The van der Waals surface area contributed by atoms with E-state index >= 15 is 0 Å². The van der Waals surface area contributed by atoms with Crippen molar-refractivity contribution in [1.82, 2.24) is 14.7 Å². The molecule has 0 N–H and O–H groups in total. The van der Waals surface area contributed by atoms with Crippen LogP contribution in [0.15, 0.2) is 42.7 Å². The minimum atomic E-state index is -0.515. The molecule has 0 saturated heterocycles. The van der Waals surface area contributed by atoms with Crippen molar-refractivity contribution in [3.63, 3.8) is 0 Å². The molecule has 0 radical (unpaired) electrons. The van der Waals surface area contributed by atoms with Gasteiger partial charge in [0.2, 0.25) is 0 Å². The van der Waals surface area contributed by atoms with E-state index in [2.05, 4.69) is 5.10 Å². The summed E-state index contributed by atoms with van der Waals surface area (Å²) >= 11 is 0. The second-order valence-electron chi connectivity index (χ2n) is 4.79. The number of para-hydroxylation sites is 1. The molecular formula is C15H19N3O2. The van der Waals surface area contributed by atoms with Crippen LogP contribution in [0.3, 0.4) is 0 Å². The summed E-state index contributed by atoms with van der Waals surface area (Å²) in [5.74, 6) is 0.640. The van der Waals surface area contributed by atoms with Crippen LogP contribution in [0.25, 0.3) is 0 Å². The second kappa shape index (κ2) is 6.23. The third kappa shape index (κ3) is 3.60. The van der Waals surface area contributed by atoms with E-state index in [1.54, 1.807) is 29.7 Å². The molecule has 1 atom stereocenters. The summed E-state index contributed by atoms with van der Waals surface area (Å²) in [5.41, 5.74) is 0.996. The highest BCUT2D eigenvalue weighted by atomic mass is 16.5. The predicted molar refractivity (Wildman–Crippen MR) is 76.2 cm³/mol. The summed E-state index contributed by atoms with van der Waals surface area (Å²) in [6.07, 6.45) is 3.14. The van der Waals surface area contributed by atoms with Crippen molar-refractivity contribution in [2.75, 3.05) is 7.05 Å². The third-order valence-electron chi connectivity index (χ3n) is 2.96. The molecule has 106 valence electrons. The lowest BCUT2D eigenvalue weighted by molar-refractivity contribution is -0.137. The van der Waals surface area contributed by atoms with Gasteiger partial charge in [-0.25, -0.2) is 0 Å². The van der Waals surface area contributed by atoms with E-state index in [1.807, 2.05) is 43.6 Å². The quantitative estimate of drug-likeness (QED) is 0.835. The zero-order valence-electron chi connectivity index (χ0n) is 12.0. The molecule has 0 fully saturated rings. The summed E-state index contributed by atoms with van der Waals surface area (Å²) < 4.78 is 7.35. The smallest absolute Gasteiger partial charge is 0.263 e. The zero-order valence-corrected chi connectivity index (χ0v) is 12.0. The molecule has 0 saturated carbocycles. The number of rotatable bonds is 5. The monoisotopic (exact) mass is 273 g/mol. The number of amides is 1. The maximum absolute atomic E-state index is 12.2. The molecule has 1 unspecified atom stereocenters. The van der Waals surface area contributed by atoms with Gasteiger partial charge in [-0.15, -0.1) is 0 Å². The van der Waals surface area contributed by atoms with E-state index < -0.39 is 6.10 Å². The Balaban J connectivity index is 1.92. The molecule has 1 aromatic heterocycles. The average Bonchev–Trinajstić information content (AvgIpc) is 2.84. The number of likely N-dealkylation sites (N-methyl/N-ethyl adjacent to an activating group) is 1. The van der Waals surface area contributed by atoms with Crippen molar-refractivity contribution in [3.8, 4) is 5.75 Å². The van der Waals surface area contributed by atoms with Crippen molar-refractivity contribution in [2.24, 2.45) is 7.05 Å². The molecule has 0 aliphatic heterocycles. The van der Waals surface area contributed by atoms with Gasteiger partial charge < -0.3 is 9.64 Å². The summed E-state index contributed by atoms with van der Waals surface area (Å²) in [6, 6.07) is 9.35. The number of hydrogen-bond donors (Lipinski definition) is 0. The first-order chi connectivity index (χ1) is 9.56. The molecule has 1 amide bonds. The lowest BCUT2D eigenvalue weighted by atomic mass is 10.3. The van der Waals surface area contributed by atoms with Crippen LogP contribution in [-0.4, -0.2) is 33.7 Å². The number of carbonyl (C=O) groups is 1. The first-order valence-corrected chi connectivity index (χ1v) is 6.50. The fourth-order valence-corrected chi connectivity index (χ4v) is 1.97. The van der Waals surface area contributed by atoms with E-state index in [1.165, 1.54) is 0 Å². The highest BCUT2D eigenvalue weighted by Crippen LogP contribution is 2.12. The largest absolute Gasteiger partial charge is 0.481 e. The standard InChI is InChI=1S/C15H19N3O2/c1-12(20-14-7-5-4-6-8-14)15(19)17(2)10-13-9-16-18(3)11-13/h4-9,11-12H,10H2,1-3H3. The van der Waals surface area contributed by atoms with Crippen LogP contribution in [0.1, 0.15) is 12.5 Å². The molecule has 20 heavy (non-hydrogen) atoms. The van der Waals surface area contributed by atoms with Crippen molar-refractivity contribution in [2.45, 2.75) is 19.6 Å². The molecule has 0 bridgehead atoms. The minimum absolute atomic E-state index is 0.0577. The van der Waals surface area contributed by atoms with Crippen LogP contribution in [0.4, 0.5) is 0 Å². The predicted octanol–water partition coefficient (Wildman–Crippen LogP) is 1.85. The first kappa shape index (κ1) is 14.1. The van der Waals surface area contributed by atoms with Gasteiger partial charge in [0.15, 0.2) is 6.10 Å². The minimum Gasteiger partial charge on any atom is -0.481 e. The summed E-state index contributed by atoms with van der Waals surface area (Å²) in [7, 11) is 3.62. The Hall–Kier alpha value is -2.30. The third-order valence-corrected chi connectivity index (χ3v) is 2.96.